The van der Waals surface area contributed by atoms with Crippen molar-refractivity contribution in [3.63, 3.8) is 0 Å². The average Bonchev–Trinajstić information content (AvgIpc) is 2.45. The molecule has 0 bridgehead atoms. The third-order valence-electron chi connectivity index (χ3n) is 3.24. The third-order valence-corrected chi connectivity index (χ3v) is 4.19. The fourth-order valence-electron chi connectivity index (χ4n) is 2.12. The van der Waals surface area contributed by atoms with Gasteiger partial charge in [-0.15, -0.1) is 0 Å². The standard InChI is InChI=1S/C16H13BrClFO2/c17-13-6-4-10(5-7-13)8-12(16(20)21)9-11-2-1-3-14(19)15(11)18/h1-7,12H,8-9H2,(H,20,21). The van der Waals surface area contributed by atoms with Gasteiger partial charge in [-0.2, -0.15) is 0 Å². The minimum Gasteiger partial charge on any atom is -0.481 e. The smallest absolute Gasteiger partial charge is 0.307 e. The lowest BCUT2D eigenvalue weighted by Gasteiger charge is -2.14. The molecule has 2 aromatic carbocycles. The predicted octanol–water partition coefficient (Wildman–Crippen LogP) is 4.73. The van der Waals surface area contributed by atoms with Gasteiger partial charge in [0.15, 0.2) is 0 Å². The highest BCUT2D eigenvalue weighted by atomic mass is 79.9. The molecule has 0 aliphatic carbocycles. The van der Waals surface area contributed by atoms with E-state index in [0.717, 1.165) is 10.0 Å². The maximum Gasteiger partial charge on any atom is 0.307 e. The number of aliphatic carboxylic acids is 1. The van der Waals surface area contributed by atoms with Crippen LogP contribution in [-0.2, 0) is 17.6 Å². The largest absolute Gasteiger partial charge is 0.481 e. The van der Waals surface area contributed by atoms with Crippen LogP contribution in [0.3, 0.4) is 0 Å². The summed E-state index contributed by atoms with van der Waals surface area (Å²) in [6, 6.07) is 11.9. The Labute approximate surface area is 135 Å². The molecule has 2 rings (SSSR count). The number of hydrogen-bond acceptors (Lipinski definition) is 1. The van der Waals surface area contributed by atoms with E-state index in [2.05, 4.69) is 15.9 Å². The first-order valence-corrected chi connectivity index (χ1v) is 7.54. The van der Waals surface area contributed by atoms with E-state index in [4.69, 9.17) is 11.6 Å². The first kappa shape index (κ1) is 16.0. The summed E-state index contributed by atoms with van der Waals surface area (Å²) < 4.78 is 14.4. The van der Waals surface area contributed by atoms with Gasteiger partial charge in [-0.1, -0.05) is 51.8 Å². The first-order valence-electron chi connectivity index (χ1n) is 6.37. The molecule has 1 atom stereocenters. The van der Waals surface area contributed by atoms with E-state index in [0.29, 0.717) is 12.0 Å². The van der Waals surface area contributed by atoms with Crippen LogP contribution in [-0.4, -0.2) is 11.1 Å². The predicted molar refractivity (Wildman–Crippen MR) is 84.1 cm³/mol. The molecule has 0 spiro atoms. The van der Waals surface area contributed by atoms with Crippen molar-refractivity contribution in [2.75, 3.05) is 0 Å². The van der Waals surface area contributed by atoms with E-state index in [9.17, 15) is 14.3 Å². The van der Waals surface area contributed by atoms with Crippen molar-refractivity contribution in [2.45, 2.75) is 12.8 Å². The highest BCUT2D eigenvalue weighted by Gasteiger charge is 2.20. The summed E-state index contributed by atoms with van der Waals surface area (Å²) in [4.78, 5) is 11.4. The van der Waals surface area contributed by atoms with Gasteiger partial charge in [-0.3, -0.25) is 4.79 Å². The Hall–Kier alpha value is -1.39. The summed E-state index contributed by atoms with van der Waals surface area (Å²) in [5, 5.41) is 9.36. The van der Waals surface area contributed by atoms with Crippen LogP contribution < -0.4 is 0 Å². The van der Waals surface area contributed by atoms with Crippen LogP contribution in [0.15, 0.2) is 46.9 Å². The average molecular weight is 372 g/mol. The van der Waals surface area contributed by atoms with Gasteiger partial charge in [0, 0.05) is 4.47 Å². The topological polar surface area (TPSA) is 37.3 Å². The molecule has 5 heteroatoms. The quantitative estimate of drug-likeness (QED) is 0.825. The fourth-order valence-corrected chi connectivity index (χ4v) is 2.59. The van der Waals surface area contributed by atoms with Gasteiger partial charge in [0.2, 0.25) is 0 Å². The Balaban J connectivity index is 2.18. The minimum atomic E-state index is -0.918. The Morgan fingerprint density at radius 2 is 1.86 bits per heavy atom. The summed E-state index contributed by atoms with van der Waals surface area (Å²) in [7, 11) is 0. The number of rotatable bonds is 5. The maximum atomic E-state index is 13.4. The summed E-state index contributed by atoms with van der Waals surface area (Å²) in [5.74, 6) is -2.09. The molecule has 0 aliphatic heterocycles. The molecule has 2 nitrogen and oxygen atoms in total. The SMILES string of the molecule is O=C(O)C(Cc1ccc(Br)cc1)Cc1cccc(F)c1Cl. The van der Waals surface area contributed by atoms with Gasteiger partial charge in [-0.25, -0.2) is 4.39 Å². The first-order chi connectivity index (χ1) is 9.97. The molecule has 0 heterocycles. The Morgan fingerprint density at radius 1 is 1.19 bits per heavy atom. The number of carboxylic acid groups (broad SMARTS) is 1. The van der Waals surface area contributed by atoms with E-state index in [-0.39, 0.29) is 11.4 Å². The number of benzene rings is 2. The maximum absolute atomic E-state index is 13.4. The molecule has 0 amide bonds. The summed E-state index contributed by atoms with van der Waals surface area (Å²) in [5.41, 5.74) is 1.43. The van der Waals surface area contributed by atoms with Gasteiger partial charge in [-0.05, 0) is 42.2 Å². The molecule has 0 fully saturated rings. The molecule has 21 heavy (non-hydrogen) atoms. The molecule has 1 N–H and O–H groups in total. The van der Waals surface area contributed by atoms with Crippen molar-refractivity contribution in [3.8, 4) is 0 Å². The van der Waals surface area contributed by atoms with Crippen LogP contribution in [0, 0.1) is 11.7 Å². The molecule has 0 saturated carbocycles. The molecule has 0 aromatic heterocycles. The van der Waals surface area contributed by atoms with Gasteiger partial charge in [0.25, 0.3) is 0 Å². The van der Waals surface area contributed by atoms with Gasteiger partial charge in [0.05, 0.1) is 10.9 Å². The third kappa shape index (κ3) is 4.29. The molecule has 0 aliphatic rings. The van der Waals surface area contributed by atoms with Crippen LogP contribution in [0.4, 0.5) is 4.39 Å². The zero-order valence-electron chi connectivity index (χ0n) is 11.0. The van der Waals surface area contributed by atoms with Crippen LogP contribution in [0.2, 0.25) is 5.02 Å². The van der Waals surface area contributed by atoms with Gasteiger partial charge < -0.3 is 5.11 Å². The molecular formula is C16H13BrClFO2. The van der Waals surface area contributed by atoms with Crippen LogP contribution >= 0.6 is 27.5 Å². The lowest BCUT2D eigenvalue weighted by Crippen LogP contribution is -2.19. The zero-order valence-corrected chi connectivity index (χ0v) is 13.4. The van der Waals surface area contributed by atoms with Crippen molar-refractivity contribution in [3.05, 3.63) is 68.9 Å². The minimum absolute atomic E-state index is 0.000411. The summed E-state index contributed by atoms with van der Waals surface area (Å²) in [6.07, 6.45) is 0.567. The van der Waals surface area contributed by atoms with Crippen molar-refractivity contribution >= 4 is 33.5 Å². The molecular weight excluding hydrogens is 359 g/mol. The normalized spacial score (nSPS) is 12.1. The zero-order chi connectivity index (χ0) is 15.4. The van der Waals surface area contributed by atoms with Crippen molar-refractivity contribution in [1.29, 1.82) is 0 Å². The second-order valence-corrected chi connectivity index (χ2v) is 6.08. The highest BCUT2D eigenvalue weighted by molar-refractivity contribution is 9.10. The monoisotopic (exact) mass is 370 g/mol. The molecule has 0 radical (unpaired) electrons. The van der Waals surface area contributed by atoms with Gasteiger partial charge >= 0.3 is 5.97 Å². The van der Waals surface area contributed by atoms with Crippen molar-refractivity contribution < 1.29 is 14.3 Å². The Morgan fingerprint density at radius 3 is 2.48 bits per heavy atom. The second kappa shape index (κ2) is 7.05. The molecule has 110 valence electrons. The van der Waals surface area contributed by atoms with E-state index < -0.39 is 17.7 Å². The lowest BCUT2D eigenvalue weighted by molar-refractivity contribution is -0.141. The Bertz CT molecular complexity index is 643. The Kier molecular flexibility index (Phi) is 5.37. The van der Waals surface area contributed by atoms with Crippen LogP contribution in [0.25, 0.3) is 0 Å². The highest BCUT2D eigenvalue weighted by Crippen LogP contribution is 2.24. The molecule has 1 unspecified atom stereocenters. The number of carbonyl (C=O) groups is 1. The fraction of sp³-hybridized carbons (Fsp3) is 0.188. The summed E-state index contributed by atoms with van der Waals surface area (Å²) in [6.45, 7) is 0. The number of hydrogen-bond donors (Lipinski definition) is 1. The second-order valence-electron chi connectivity index (χ2n) is 4.78. The van der Waals surface area contributed by atoms with Crippen molar-refractivity contribution in [1.82, 2.24) is 0 Å². The van der Waals surface area contributed by atoms with E-state index in [1.165, 1.54) is 12.1 Å². The van der Waals surface area contributed by atoms with Crippen LogP contribution in [0.5, 0.6) is 0 Å². The van der Waals surface area contributed by atoms with E-state index in [1.54, 1.807) is 6.07 Å². The number of carboxylic acids is 1. The summed E-state index contributed by atoms with van der Waals surface area (Å²) >= 11 is 9.23. The van der Waals surface area contributed by atoms with E-state index >= 15 is 0 Å². The van der Waals surface area contributed by atoms with Crippen molar-refractivity contribution in [2.24, 2.45) is 5.92 Å². The molecule has 0 saturated heterocycles. The lowest BCUT2D eigenvalue weighted by atomic mass is 9.92. The van der Waals surface area contributed by atoms with Gasteiger partial charge in [0.1, 0.15) is 5.82 Å². The molecule has 2 aromatic rings. The van der Waals surface area contributed by atoms with E-state index in [1.807, 2.05) is 24.3 Å². The van der Waals surface area contributed by atoms with Crippen LogP contribution in [0.1, 0.15) is 11.1 Å². The number of halogens is 3.